The third-order valence-corrected chi connectivity index (χ3v) is 2.99. The lowest BCUT2D eigenvalue weighted by atomic mass is 10.2. The highest BCUT2D eigenvalue weighted by atomic mass is 32.2. The van der Waals surface area contributed by atoms with Gasteiger partial charge in [0.2, 0.25) is 0 Å². The molecule has 0 fully saturated rings. The number of sulfone groups is 1. The minimum atomic E-state index is -3.12. The van der Waals surface area contributed by atoms with Gasteiger partial charge in [-0.15, -0.1) is 0 Å². The lowest BCUT2D eigenvalue weighted by molar-refractivity contribution is -0.145. The molecule has 2 amide bonds. The van der Waals surface area contributed by atoms with Crippen LogP contribution in [-0.4, -0.2) is 61.2 Å². The second-order valence-electron chi connectivity index (χ2n) is 3.87. The van der Waals surface area contributed by atoms with Crippen LogP contribution in [-0.2, 0) is 19.4 Å². The standard InChI is InChI=1S/C9H16N2O7S/c1-19(17,18)4-2-3-10-9(16)11-6(8(14)15)5-7(12)13/h6H,2-5H2,1H3,(H,12,13)(H,14,15)(H2,10,11,16)/t6-/m0/s1. The van der Waals surface area contributed by atoms with E-state index in [1.807, 2.05) is 5.32 Å². The van der Waals surface area contributed by atoms with E-state index >= 15 is 0 Å². The van der Waals surface area contributed by atoms with E-state index in [0.29, 0.717) is 0 Å². The highest BCUT2D eigenvalue weighted by Gasteiger charge is 2.22. The molecule has 0 unspecified atom stereocenters. The van der Waals surface area contributed by atoms with E-state index in [1.165, 1.54) is 0 Å². The Bertz CT molecular complexity index is 445. The number of carbonyl (C=O) groups excluding carboxylic acids is 1. The highest BCUT2D eigenvalue weighted by molar-refractivity contribution is 7.90. The molecule has 0 aliphatic carbocycles. The van der Waals surface area contributed by atoms with E-state index in [2.05, 4.69) is 5.32 Å². The summed E-state index contributed by atoms with van der Waals surface area (Å²) in [6.07, 6.45) is 0.495. The number of aliphatic carboxylic acids is 2. The van der Waals surface area contributed by atoms with Crippen LogP contribution in [0, 0.1) is 0 Å². The van der Waals surface area contributed by atoms with E-state index in [-0.39, 0.29) is 18.7 Å². The molecule has 110 valence electrons. The number of nitrogens with one attached hydrogen (secondary N) is 2. The van der Waals surface area contributed by atoms with Crippen molar-refractivity contribution in [1.82, 2.24) is 10.6 Å². The van der Waals surface area contributed by atoms with Crippen molar-refractivity contribution in [3.05, 3.63) is 0 Å². The van der Waals surface area contributed by atoms with Crippen LogP contribution in [0.25, 0.3) is 0 Å². The monoisotopic (exact) mass is 296 g/mol. The molecule has 0 rings (SSSR count). The number of rotatable bonds is 8. The van der Waals surface area contributed by atoms with Gasteiger partial charge >= 0.3 is 18.0 Å². The summed E-state index contributed by atoms with van der Waals surface area (Å²) in [4.78, 5) is 32.2. The van der Waals surface area contributed by atoms with Gasteiger partial charge in [0, 0.05) is 12.8 Å². The SMILES string of the molecule is CS(=O)(=O)CCCNC(=O)N[C@@H](CC(=O)O)C(=O)O. The first-order valence-electron chi connectivity index (χ1n) is 5.28. The van der Waals surface area contributed by atoms with Crippen LogP contribution in [0.2, 0.25) is 0 Å². The maximum absolute atomic E-state index is 11.2. The third-order valence-electron chi connectivity index (χ3n) is 1.96. The van der Waals surface area contributed by atoms with E-state index in [0.717, 1.165) is 6.26 Å². The van der Waals surface area contributed by atoms with Crippen molar-refractivity contribution in [3.8, 4) is 0 Å². The number of urea groups is 1. The van der Waals surface area contributed by atoms with Gasteiger partial charge in [-0.3, -0.25) is 4.79 Å². The Morgan fingerprint density at radius 1 is 1.21 bits per heavy atom. The quantitative estimate of drug-likeness (QED) is 0.404. The predicted molar refractivity (Wildman–Crippen MR) is 64.5 cm³/mol. The van der Waals surface area contributed by atoms with Crippen LogP contribution in [0.3, 0.4) is 0 Å². The molecule has 0 aromatic heterocycles. The molecule has 0 aromatic rings. The van der Waals surface area contributed by atoms with Gasteiger partial charge in [-0.2, -0.15) is 0 Å². The molecule has 0 saturated heterocycles. The van der Waals surface area contributed by atoms with Crippen molar-refractivity contribution in [1.29, 1.82) is 0 Å². The van der Waals surface area contributed by atoms with Crippen molar-refractivity contribution in [2.45, 2.75) is 18.9 Å². The molecule has 0 heterocycles. The highest BCUT2D eigenvalue weighted by Crippen LogP contribution is 1.93. The lowest BCUT2D eigenvalue weighted by Crippen LogP contribution is -2.47. The van der Waals surface area contributed by atoms with Gasteiger partial charge in [-0.25, -0.2) is 18.0 Å². The Balaban J connectivity index is 4.07. The van der Waals surface area contributed by atoms with Crippen LogP contribution < -0.4 is 10.6 Å². The second kappa shape index (κ2) is 7.56. The Hall–Kier alpha value is -1.84. The van der Waals surface area contributed by atoms with Crippen molar-refractivity contribution in [3.63, 3.8) is 0 Å². The van der Waals surface area contributed by atoms with Gasteiger partial charge in [0.15, 0.2) is 0 Å². The Labute approximate surface area is 109 Å². The maximum atomic E-state index is 11.2. The van der Waals surface area contributed by atoms with Crippen molar-refractivity contribution in [2.75, 3.05) is 18.6 Å². The number of carboxylic acids is 2. The minimum Gasteiger partial charge on any atom is -0.481 e. The molecule has 10 heteroatoms. The van der Waals surface area contributed by atoms with Crippen molar-refractivity contribution in [2.24, 2.45) is 0 Å². The summed E-state index contributed by atoms with van der Waals surface area (Å²) in [5, 5.41) is 21.3. The molecular formula is C9H16N2O7S. The van der Waals surface area contributed by atoms with Crippen molar-refractivity contribution >= 4 is 27.8 Å². The fourth-order valence-corrected chi connectivity index (χ4v) is 1.79. The van der Waals surface area contributed by atoms with E-state index < -0.39 is 40.3 Å². The van der Waals surface area contributed by atoms with Gasteiger partial charge in [0.25, 0.3) is 0 Å². The summed E-state index contributed by atoms with van der Waals surface area (Å²) in [6.45, 7) is 0.0400. The van der Waals surface area contributed by atoms with Gasteiger partial charge in [0.1, 0.15) is 15.9 Å². The summed E-state index contributed by atoms with van der Waals surface area (Å²) in [6, 6.07) is -2.39. The number of hydrogen-bond donors (Lipinski definition) is 4. The average Bonchev–Trinajstić information content (AvgIpc) is 2.21. The molecule has 0 aliphatic rings. The predicted octanol–water partition coefficient (Wildman–Crippen LogP) is -1.35. The Kier molecular flexibility index (Phi) is 6.83. The average molecular weight is 296 g/mol. The van der Waals surface area contributed by atoms with Gasteiger partial charge in [0.05, 0.1) is 12.2 Å². The molecule has 0 saturated carbocycles. The molecule has 4 N–H and O–H groups in total. The smallest absolute Gasteiger partial charge is 0.326 e. The van der Waals surface area contributed by atoms with Crippen LogP contribution in [0.4, 0.5) is 4.79 Å². The maximum Gasteiger partial charge on any atom is 0.326 e. The van der Waals surface area contributed by atoms with Crippen molar-refractivity contribution < 1.29 is 33.0 Å². The molecule has 19 heavy (non-hydrogen) atoms. The van der Waals surface area contributed by atoms with E-state index in [9.17, 15) is 22.8 Å². The Morgan fingerprint density at radius 3 is 2.21 bits per heavy atom. The van der Waals surface area contributed by atoms with E-state index in [1.54, 1.807) is 0 Å². The molecule has 1 atom stereocenters. The number of carbonyl (C=O) groups is 3. The van der Waals surface area contributed by atoms with Gasteiger partial charge in [-0.05, 0) is 6.42 Å². The topological polar surface area (TPSA) is 150 Å². The summed E-state index contributed by atoms with van der Waals surface area (Å²) in [7, 11) is -3.12. The Morgan fingerprint density at radius 2 is 1.79 bits per heavy atom. The summed E-state index contributed by atoms with van der Waals surface area (Å²) < 4.78 is 21.6. The van der Waals surface area contributed by atoms with Crippen LogP contribution in [0.1, 0.15) is 12.8 Å². The molecule has 0 aromatic carbocycles. The lowest BCUT2D eigenvalue weighted by Gasteiger charge is -2.13. The van der Waals surface area contributed by atoms with E-state index in [4.69, 9.17) is 10.2 Å². The summed E-state index contributed by atoms with van der Waals surface area (Å²) >= 11 is 0. The number of carboxylic acid groups (broad SMARTS) is 2. The number of hydrogen-bond acceptors (Lipinski definition) is 5. The molecule has 0 aliphatic heterocycles. The van der Waals surface area contributed by atoms with Crippen LogP contribution in [0.5, 0.6) is 0 Å². The van der Waals surface area contributed by atoms with Crippen LogP contribution in [0.15, 0.2) is 0 Å². The fourth-order valence-electron chi connectivity index (χ4n) is 1.12. The molecule has 9 nitrogen and oxygen atoms in total. The summed E-state index contributed by atoms with van der Waals surface area (Å²) in [5.74, 6) is -2.93. The van der Waals surface area contributed by atoms with Crippen LogP contribution >= 0.6 is 0 Å². The first-order valence-corrected chi connectivity index (χ1v) is 7.34. The van der Waals surface area contributed by atoms with Gasteiger partial charge < -0.3 is 20.8 Å². The summed E-state index contributed by atoms with van der Waals surface area (Å²) in [5.41, 5.74) is 0. The molecule has 0 spiro atoms. The van der Waals surface area contributed by atoms with Gasteiger partial charge in [-0.1, -0.05) is 0 Å². The largest absolute Gasteiger partial charge is 0.481 e. The second-order valence-corrected chi connectivity index (χ2v) is 6.13. The zero-order valence-electron chi connectivity index (χ0n) is 10.2. The minimum absolute atomic E-state index is 0.0400. The molecule has 0 bridgehead atoms. The number of amides is 2. The zero-order valence-corrected chi connectivity index (χ0v) is 11.1. The normalized spacial score (nSPS) is 12.5. The first kappa shape index (κ1) is 17.2. The first-order chi connectivity index (χ1) is 8.61. The molecular weight excluding hydrogens is 280 g/mol. The molecule has 0 radical (unpaired) electrons. The zero-order chi connectivity index (χ0) is 15.1. The fraction of sp³-hybridized carbons (Fsp3) is 0.667. The third kappa shape index (κ3) is 9.83.